The monoisotopic (exact) mass is 238 g/mol. The van der Waals surface area contributed by atoms with Crippen LogP contribution in [-0.2, 0) is 0 Å². The molecule has 1 saturated heterocycles. The van der Waals surface area contributed by atoms with Crippen LogP contribution in [0.3, 0.4) is 0 Å². The highest BCUT2D eigenvalue weighted by Crippen LogP contribution is 2.62. The second-order valence-electron chi connectivity index (χ2n) is 7.65. The molecular formula is C15H30N2. The predicted octanol–water partition coefficient (Wildman–Crippen LogP) is 2.74. The molecular weight excluding hydrogens is 208 g/mol. The summed E-state index contributed by atoms with van der Waals surface area (Å²) in [5.41, 5.74) is 0.915. The molecule has 1 heterocycles. The molecule has 2 nitrogen and oxygen atoms in total. The minimum atomic E-state index is 0.458. The predicted molar refractivity (Wildman–Crippen MR) is 74.1 cm³/mol. The summed E-state index contributed by atoms with van der Waals surface area (Å²) in [6, 6.07) is 2.11. The van der Waals surface area contributed by atoms with Gasteiger partial charge in [-0.3, -0.25) is 0 Å². The van der Waals surface area contributed by atoms with Crippen molar-refractivity contribution in [2.45, 2.75) is 66.1 Å². The molecule has 0 spiro atoms. The van der Waals surface area contributed by atoms with E-state index in [1.807, 2.05) is 0 Å². The zero-order valence-electron chi connectivity index (χ0n) is 12.7. The molecule has 17 heavy (non-hydrogen) atoms. The van der Waals surface area contributed by atoms with Crippen LogP contribution in [0, 0.1) is 16.7 Å². The van der Waals surface area contributed by atoms with Gasteiger partial charge in [0.15, 0.2) is 0 Å². The van der Waals surface area contributed by atoms with Gasteiger partial charge in [0.25, 0.3) is 0 Å². The third kappa shape index (κ3) is 2.04. The number of rotatable bonds is 2. The fourth-order valence-corrected chi connectivity index (χ4v) is 3.60. The van der Waals surface area contributed by atoms with E-state index in [0.717, 1.165) is 5.92 Å². The molecule has 2 aliphatic rings. The zero-order valence-corrected chi connectivity index (χ0v) is 12.7. The fraction of sp³-hybridized carbons (Fsp3) is 1.00. The number of hydrogen-bond acceptors (Lipinski definition) is 2. The number of likely N-dealkylation sites (tertiary alicyclic amines) is 1. The van der Waals surface area contributed by atoms with Crippen LogP contribution in [0.1, 0.15) is 48.0 Å². The van der Waals surface area contributed by atoms with Gasteiger partial charge < -0.3 is 10.2 Å². The smallest absolute Gasteiger partial charge is 0.0183 e. The van der Waals surface area contributed by atoms with E-state index in [1.54, 1.807) is 0 Å². The van der Waals surface area contributed by atoms with E-state index in [4.69, 9.17) is 0 Å². The molecule has 0 aromatic heterocycles. The van der Waals surface area contributed by atoms with Crippen molar-refractivity contribution in [2.75, 3.05) is 13.6 Å². The highest BCUT2D eigenvalue weighted by Gasteiger charge is 2.65. The number of piperidine rings is 1. The van der Waals surface area contributed by atoms with Crippen molar-refractivity contribution < 1.29 is 0 Å². The molecule has 1 aliphatic carbocycles. The summed E-state index contributed by atoms with van der Waals surface area (Å²) in [5.74, 6) is 0.767. The van der Waals surface area contributed by atoms with E-state index < -0.39 is 0 Å². The molecule has 100 valence electrons. The molecule has 3 unspecified atom stereocenters. The van der Waals surface area contributed by atoms with Crippen LogP contribution in [0.5, 0.6) is 0 Å². The molecule has 0 radical (unpaired) electrons. The second-order valence-corrected chi connectivity index (χ2v) is 7.65. The summed E-state index contributed by atoms with van der Waals surface area (Å²) in [6.45, 7) is 15.6. The van der Waals surface area contributed by atoms with Gasteiger partial charge in [-0.05, 0) is 37.1 Å². The molecule has 0 amide bonds. The first-order valence-corrected chi connectivity index (χ1v) is 7.14. The van der Waals surface area contributed by atoms with Crippen molar-refractivity contribution in [3.05, 3.63) is 0 Å². The minimum absolute atomic E-state index is 0.458. The van der Waals surface area contributed by atoms with Gasteiger partial charge in [0.1, 0.15) is 0 Å². The molecule has 0 bridgehead atoms. The molecule has 2 heteroatoms. The Hall–Kier alpha value is -0.0800. The summed E-state index contributed by atoms with van der Waals surface area (Å²) >= 11 is 0. The Bertz CT molecular complexity index is 281. The van der Waals surface area contributed by atoms with Crippen LogP contribution in [-0.4, -0.2) is 36.6 Å². The summed E-state index contributed by atoms with van der Waals surface area (Å²) < 4.78 is 0. The van der Waals surface area contributed by atoms with Crippen molar-refractivity contribution >= 4 is 0 Å². The first-order chi connectivity index (χ1) is 7.68. The number of nitrogens with zero attached hydrogens (tertiary/aromatic N) is 1. The Morgan fingerprint density at radius 1 is 1.06 bits per heavy atom. The lowest BCUT2D eigenvalue weighted by Gasteiger charge is -2.40. The topological polar surface area (TPSA) is 15.3 Å². The van der Waals surface area contributed by atoms with Gasteiger partial charge in [0.05, 0.1) is 0 Å². The lowest BCUT2D eigenvalue weighted by molar-refractivity contribution is 0.118. The van der Waals surface area contributed by atoms with E-state index >= 15 is 0 Å². The lowest BCUT2D eigenvalue weighted by Crippen LogP contribution is -2.52. The van der Waals surface area contributed by atoms with Crippen LogP contribution in [0.2, 0.25) is 0 Å². The van der Waals surface area contributed by atoms with Crippen molar-refractivity contribution in [1.29, 1.82) is 0 Å². The highest BCUT2D eigenvalue weighted by molar-refractivity contribution is 5.18. The number of hydrogen-bond donors (Lipinski definition) is 1. The highest BCUT2D eigenvalue weighted by atomic mass is 15.2. The van der Waals surface area contributed by atoms with Gasteiger partial charge in [-0.1, -0.05) is 34.6 Å². The summed E-state index contributed by atoms with van der Waals surface area (Å²) in [7, 11) is 2.25. The first kappa shape index (κ1) is 13.4. The third-order valence-corrected chi connectivity index (χ3v) is 6.01. The van der Waals surface area contributed by atoms with Gasteiger partial charge >= 0.3 is 0 Å². The van der Waals surface area contributed by atoms with Crippen molar-refractivity contribution in [3.63, 3.8) is 0 Å². The lowest BCUT2D eigenvalue weighted by atomic mass is 9.89. The standard InChI is InChI=1S/C15H30N2/c1-10-9-17(7)11(2)8-12(10)16-13-14(3,4)15(13,5)6/h10-13,16H,8-9H2,1-7H3. The van der Waals surface area contributed by atoms with Crippen LogP contribution in [0.25, 0.3) is 0 Å². The first-order valence-electron chi connectivity index (χ1n) is 7.14. The summed E-state index contributed by atoms with van der Waals surface area (Å²) in [4.78, 5) is 2.49. The van der Waals surface area contributed by atoms with E-state index in [-0.39, 0.29) is 0 Å². The van der Waals surface area contributed by atoms with Gasteiger partial charge in [0, 0.05) is 24.7 Å². The maximum absolute atomic E-state index is 3.95. The quantitative estimate of drug-likeness (QED) is 0.796. The van der Waals surface area contributed by atoms with Crippen molar-refractivity contribution in [1.82, 2.24) is 10.2 Å². The molecule has 1 aliphatic heterocycles. The Kier molecular flexibility index (Phi) is 3.11. The average Bonchev–Trinajstić information content (AvgIpc) is 2.57. The van der Waals surface area contributed by atoms with E-state index in [9.17, 15) is 0 Å². The van der Waals surface area contributed by atoms with Gasteiger partial charge in [-0.25, -0.2) is 0 Å². The van der Waals surface area contributed by atoms with E-state index in [1.165, 1.54) is 13.0 Å². The molecule has 1 N–H and O–H groups in total. The van der Waals surface area contributed by atoms with Crippen LogP contribution >= 0.6 is 0 Å². The zero-order chi connectivity index (χ0) is 13.0. The Labute approximate surface area is 107 Å². The van der Waals surface area contributed by atoms with Crippen LogP contribution < -0.4 is 5.32 Å². The Morgan fingerprint density at radius 2 is 1.59 bits per heavy atom. The maximum Gasteiger partial charge on any atom is 0.0183 e. The summed E-state index contributed by atoms with van der Waals surface area (Å²) in [5, 5.41) is 3.95. The normalized spacial score (nSPS) is 41.5. The Balaban J connectivity index is 1.97. The molecule has 1 saturated carbocycles. The largest absolute Gasteiger partial charge is 0.310 e. The molecule has 0 aromatic carbocycles. The van der Waals surface area contributed by atoms with E-state index in [0.29, 0.717) is 29.0 Å². The van der Waals surface area contributed by atoms with Crippen LogP contribution in [0.15, 0.2) is 0 Å². The van der Waals surface area contributed by atoms with Crippen LogP contribution in [0.4, 0.5) is 0 Å². The Morgan fingerprint density at radius 3 is 2.06 bits per heavy atom. The fourth-order valence-electron chi connectivity index (χ4n) is 3.60. The molecule has 2 fully saturated rings. The number of nitrogens with one attached hydrogen (secondary N) is 1. The second kappa shape index (κ2) is 3.96. The molecule has 3 atom stereocenters. The summed E-state index contributed by atoms with van der Waals surface area (Å²) in [6.07, 6.45) is 1.29. The average molecular weight is 238 g/mol. The van der Waals surface area contributed by atoms with Crippen molar-refractivity contribution in [3.8, 4) is 0 Å². The molecule has 0 aromatic rings. The van der Waals surface area contributed by atoms with Crippen molar-refractivity contribution in [2.24, 2.45) is 16.7 Å². The third-order valence-electron chi connectivity index (χ3n) is 6.01. The van der Waals surface area contributed by atoms with Gasteiger partial charge in [-0.2, -0.15) is 0 Å². The molecule has 2 rings (SSSR count). The van der Waals surface area contributed by atoms with Gasteiger partial charge in [-0.15, -0.1) is 0 Å². The SMILES string of the molecule is CC1CN(C)C(C)CC1NC1C(C)(C)C1(C)C. The van der Waals surface area contributed by atoms with E-state index in [2.05, 4.69) is 58.8 Å². The minimum Gasteiger partial charge on any atom is -0.310 e. The van der Waals surface area contributed by atoms with Gasteiger partial charge in [0.2, 0.25) is 0 Å². The maximum atomic E-state index is 3.95.